The van der Waals surface area contributed by atoms with Crippen LogP contribution in [0.25, 0.3) is 0 Å². The first-order valence-corrected chi connectivity index (χ1v) is 15.6. The van der Waals surface area contributed by atoms with Gasteiger partial charge in [0.1, 0.15) is 0 Å². The van der Waals surface area contributed by atoms with Gasteiger partial charge in [-0.3, -0.25) is 0 Å². The SMILES string of the molecule is C=C(/C=C/[CH2][Sn]([CH3])([CH3])[CH3])C(C)(C)C. The molecule has 13 heavy (non-hydrogen) atoms. The summed E-state index contributed by atoms with van der Waals surface area (Å²) < 4.78 is 1.32. The number of hydrogen-bond acceptors (Lipinski definition) is 0. The van der Waals surface area contributed by atoms with Gasteiger partial charge in [-0.1, -0.05) is 0 Å². The zero-order valence-corrected chi connectivity index (χ0v) is 12.9. The fraction of sp³-hybridized carbons (Fsp3) is 0.667. The Kier molecular flexibility index (Phi) is 4.78. The topological polar surface area (TPSA) is 0 Å². The molecule has 0 spiro atoms. The van der Waals surface area contributed by atoms with Crippen LogP contribution in [0.1, 0.15) is 20.8 Å². The van der Waals surface area contributed by atoms with Gasteiger partial charge in [-0.25, -0.2) is 0 Å². The van der Waals surface area contributed by atoms with E-state index in [0.29, 0.717) is 0 Å². The predicted octanol–water partition coefficient (Wildman–Crippen LogP) is 4.48. The molecule has 0 radical (unpaired) electrons. The first-order chi connectivity index (χ1) is 5.63. The summed E-state index contributed by atoms with van der Waals surface area (Å²) in [5.74, 6) is 0. The monoisotopic (exact) mass is 288 g/mol. The molecule has 0 nitrogen and oxygen atoms in total. The zero-order chi connectivity index (χ0) is 10.7. The normalized spacial score (nSPS) is 13.7. The summed E-state index contributed by atoms with van der Waals surface area (Å²) in [6.45, 7) is 10.7. The molecule has 0 rings (SSSR count). The van der Waals surface area contributed by atoms with E-state index in [1.807, 2.05) is 0 Å². The second kappa shape index (κ2) is 4.67. The number of rotatable bonds is 3. The van der Waals surface area contributed by atoms with Crippen LogP contribution in [0.15, 0.2) is 24.3 Å². The van der Waals surface area contributed by atoms with E-state index < -0.39 is 18.4 Å². The zero-order valence-electron chi connectivity index (χ0n) is 10.1. The Morgan fingerprint density at radius 3 is 2.00 bits per heavy atom. The molecule has 0 aliphatic heterocycles. The van der Waals surface area contributed by atoms with Gasteiger partial charge in [0, 0.05) is 0 Å². The Morgan fingerprint density at radius 1 is 1.23 bits per heavy atom. The van der Waals surface area contributed by atoms with Gasteiger partial charge in [-0.15, -0.1) is 0 Å². The van der Waals surface area contributed by atoms with Crippen LogP contribution in [0.4, 0.5) is 0 Å². The van der Waals surface area contributed by atoms with Gasteiger partial charge in [0.2, 0.25) is 0 Å². The minimum atomic E-state index is -1.57. The average Bonchev–Trinajstić information content (AvgIpc) is 1.82. The summed E-state index contributed by atoms with van der Waals surface area (Å²) >= 11 is -1.57. The van der Waals surface area contributed by atoms with Crippen molar-refractivity contribution in [2.75, 3.05) is 0 Å². The third-order valence-corrected chi connectivity index (χ3v) is 6.18. The summed E-state index contributed by atoms with van der Waals surface area (Å²) in [6, 6.07) is 0. The van der Waals surface area contributed by atoms with Crippen molar-refractivity contribution in [3.05, 3.63) is 24.3 Å². The molecule has 0 atom stereocenters. The van der Waals surface area contributed by atoms with Crippen LogP contribution in [-0.4, -0.2) is 18.4 Å². The Hall–Kier alpha value is 0.279. The van der Waals surface area contributed by atoms with Gasteiger partial charge in [-0.05, 0) is 0 Å². The molecule has 76 valence electrons. The van der Waals surface area contributed by atoms with E-state index in [4.69, 9.17) is 0 Å². The molecule has 0 heterocycles. The molecule has 1 heteroatoms. The molecular formula is C12H24Sn. The van der Waals surface area contributed by atoms with Gasteiger partial charge in [0.15, 0.2) is 0 Å². The van der Waals surface area contributed by atoms with E-state index in [9.17, 15) is 0 Å². The van der Waals surface area contributed by atoms with Crippen LogP contribution in [0.2, 0.25) is 19.3 Å². The third kappa shape index (κ3) is 7.36. The number of hydrogen-bond donors (Lipinski definition) is 0. The average molecular weight is 287 g/mol. The van der Waals surface area contributed by atoms with Crippen molar-refractivity contribution in [2.45, 2.75) is 40.0 Å². The van der Waals surface area contributed by atoms with E-state index in [1.165, 1.54) is 10.0 Å². The molecule has 0 fully saturated rings. The van der Waals surface area contributed by atoms with Crippen molar-refractivity contribution < 1.29 is 0 Å². The first kappa shape index (κ1) is 13.3. The second-order valence-corrected chi connectivity index (χ2v) is 21.7. The summed E-state index contributed by atoms with van der Waals surface area (Å²) in [4.78, 5) is 7.37. The van der Waals surface area contributed by atoms with E-state index in [1.54, 1.807) is 0 Å². The van der Waals surface area contributed by atoms with Crippen LogP contribution in [0, 0.1) is 5.41 Å². The van der Waals surface area contributed by atoms with Gasteiger partial charge >= 0.3 is 88.1 Å². The molecule has 0 bridgehead atoms. The Balaban J connectivity index is 4.09. The first-order valence-electron chi connectivity index (χ1n) is 4.99. The van der Waals surface area contributed by atoms with Gasteiger partial charge in [0.05, 0.1) is 0 Å². The van der Waals surface area contributed by atoms with Crippen molar-refractivity contribution in [3.63, 3.8) is 0 Å². The predicted molar refractivity (Wildman–Crippen MR) is 65.9 cm³/mol. The summed E-state index contributed by atoms with van der Waals surface area (Å²) in [5.41, 5.74) is 1.47. The second-order valence-electron chi connectivity index (χ2n) is 5.94. The Bertz CT molecular complexity index is 198. The summed E-state index contributed by atoms with van der Waals surface area (Å²) in [6.07, 6.45) is 4.53. The van der Waals surface area contributed by atoms with Crippen LogP contribution >= 0.6 is 0 Å². The van der Waals surface area contributed by atoms with Crippen LogP contribution in [0.3, 0.4) is 0 Å². The van der Waals surface area contributed by atoms with Gasteiger partial charge < -0.3 is 0 Å². The quantitative estimate of drug-likeness (QED) is 0.530. The number of allylic oxidation sites excluding steroid dienone is 3. The van der Waals surface area contributed by atoms with Crippen LogP contribution in [-0.2, 0) is 0 Å². The third-order valence-electron chi connectivity index (χ3n) is 2.01. The van der Waals surface area contributed by atoms with Crippen LogP contribution < -0.4 is 0 Å². The molecule has 0 unspecified atom stereocenters. The molecule has 0 aromatic heterocycles. The molecule has 0 saturated heterocycles. The molecule has 0 aliphatic rings. The molecule has 0 aromatic rings. The maximum atomic E-state index is 4.08. The van der Waals surface area contributed by atoms with E-state index in [0.717, 1.165) is 0 Å². The molecule has 0 N–H and O–H groups in total. The van der Waals surface area contributed by atoms with E-state index in [-0.39, 0.29) is 5.41 Å². The molecule has 0 aliphatic carbocycles. The molecule has 0 saturated carbocycles. The summed E-state index contributed by atoms with van der Waals surface area (Å²) in [5, 5.41) is 0. The van der Waals surface area contributed by atoms with Gasteiger partial charge in [0.25, 0.3) is 0 Å². The Labute approximate surface area is 88.0 Å². The fourth-order valence-corrected chi connectivity index (χ4v) is 3.16. The van der Waals surface area contributed by atoms with Crippen molar-refractivity contribution in [1.82, 2.24) is 0 Å². The van der Waals surface area contributed by atoms with Crippen molar-refractivity contribution in [3.8, 4) is 0 Å². The molecule has 0 amide bonds. The Morgan fingerprint density at radius 2 is 1.69 bits per heavy atom. The van der Waals surface area contributed by atoms with Crippen molar-refractivity contribution >= 4 is 18.4 Å². The summed E-state index contributed by atoms with van der Waals surface area (Å²) in [7, 11) is 0. The van der Waals surface area contributed by atoms with E-state index in [2.05, 4.69) is 54.3 Å². The van der Waals surface area contributed by atoms with Gasteiger partial charge in [-0.2, -0.15) is 0 Å². The fourth-order valence-electron chi connectivity index (χ4n) is 0.805. The maximum absolute atomic E-state index is 4.08. The molecular weight excluding hydrogens is 263 g/mol. The van der Waals surface area contributed by atoms with E-state index >= 15 is 0 Å². The molecule has 0 aromatic carbocycles. The van der Waals surface area contributed by atoms with Crippen LogP contribution in [0.5, 0.6) is 0 Å². The van der Waals surface area contributed by atoms with Crippen molar-refractivity contribution in [1.29, 1.82) is 0 Å². The standard InChI is InChI=1S/C9H15.3CH3.Sn/c1-6-7-8(2)9(3,4)5;;;;/h6-7H,1-2H2,3-5H3;3*1H3;/b7-6+;;;;. The van der Waals surface area contributed by atoms with Crippen molar-refractivity contribution in [2.24, 2.45) is 5.41 Å². The minimum absolute atomic E-state index is 0.226.